The molecule has 2 amide bonds. The summed E-state index contributed by atoms with van der Waals surface area (Å²) in [5.74, 6) is -0.852. The van der Waals surface area contributed by atoms with Gasteiger partial charge >= 0.3 is 0 Å². The molecule has 0 aliphatic carbocycles. The van der Waals surface area contributed by atoms with E-state index in [0.717, 1.165) is 16.3 Å². The Kier molecular flexibility index (Phi) is 9.72. The molecule has 0 heterocycles. The average Bonchev–Trinajstić information content (AvgIpc) is 2.89. The standard InChI is InChI=1S/C28H32ClN3O4S/c1-4-17-30-28(34)22(3)31(19-23-12-8-9-16-26(23)29)27(33)20-32(24-13-10-11-21(2)18-24)37(35,36)25-14-6-5-7-15-25/h5-16,18,22H,4,17,19-20H2,1-3H3,(H,30,34). The molecule has 196 valence electrons. The molecule has 0 radical (unpaired) electrons. The predicted octanol–water partition coefficient (Wildman–Crippen LogP) is 4.79. The molecule has 9 heteroatoms. The summed E-state index contributed by atoms with van der Waals surface area (Å²) in [6.07, 6.45) is 0.743. The van der Waals surface area contributed by atoms with E-state index in [9.17, 15) is 18.0 Å². The molecule has 7 nitrogen and oxygen atoms in total. The van der Waals surface area contributed by atoms with Crippen molar-refractivity contribution >= 4 is 39.1 Å². The van der Waals surface area contributed by atoms with Gasteiger partial charge in [-0.05, 0) is 61.7 Å². The number of carbonyl (C=O) groups excluding carboxylic acids is 2. The van der Waals surface area contributed by atoms with Gasteiger partial charge < -0.3 is 10.2 Å². The van der Waals surface area contributed by atoms with Crippen molar-refractivity contribution in [1.82, 2.24) is 10.2 Å². The highest BCUT2D eigenvalue weighted by molar-refractivity contribution is 7.92. The highest BCUT2D eigenvalue weighted by Gasteiger charge is 2.32. The van der Waals surface area contributed by atoms with Gasteiger partial charge in [-0.2, -0.15) is 0 Å². The fourth-order valence-electron chi connectivity index (χ4n) is 3.82. The van der Waals surface area contributed by atoms with Gasteiger partial charge in [-0.15, -0.1) is 0 Å². The van der Waals surface area contributed by atoms with Crippen LogP contribution in [0.2, 0.25) is 5.02 Å². The summed E-state index contributed by atoms with van der Waals surface area (Å²) in [4.78, 5) is 28.1. The van der Waals surface area contributed by atoms with Gasteiger partial charge in [0, 0.05) is 18.1 Å². The average molecular weight is 542 g/mol. The number of anilines is 1. The molecule has 0 saturated carbocycles. The first-order valence-electron chi connectivity index (χ1n) is 12.1. The van der Waals surface area contributed by atoms with Crippen LogP contribution in [0, 0.1) is 6.92 Å². The lowest BCUT2D eigenvalue weighted by molar-refractivity contribution is -0.139. The van der Waals surface area contributed by atoms with E-state index >= 15 is 0 Å². The molecule has 0 saturated heterocycles. The summed E-state index contributed by atoms with van der Waals surface area (Å²) in [6, 6.07) is 21.1. The summed E-state index contributed by atoms with van der Waals surface area (Å²) in [6.45, 7) is 5.44. The zero-order valence-electron chi connectivity index (χ0n) is 21.2. The number of rotatable bonds is 11. The molecule has 0 aliphatic heterocycles. The number of carbonyl (C=O) groups is 2. The topological polar surface area (TPSA) is 86.8 Å². The van der Waals surface area contributed by atoms with Crippen LogP contribution in [0.15, 0.2) is 83.8 Å². The van der Waals surface area contributed by atoms with Gasteiger partial charge in [-0.25, -0.2) is 8.42 Å². The van der Waals surface area contributed by atoms with E-state index in [1.54, 1.807) is 67.6 Å². The Hall–Kier alpha value is -3.36. The maximum atomic E-state index is 13.8. The molecule has 0 aliphatic rings. The van der Waals surface area contributed by atoms with Gasteiger partial charge in [0.15, 0.2) is 0 Å². The van der Waals surface area contributed by atoms with Crippen molar-refractivity contribution in [1.29, 1.82) is 0 Å². The molecule has 3 aromatic carbocycles. The predicted molar refractivity (Wildman–Crippen MR) is 147 cm³/mol. The SMILES string of the molecule is CCCNC(=O)C(C)N(Cc1ccccc1Cl)C(=O)CN(c1cccc(C)c1)S(=O)(=O)c1ccccc1. The maximum absolute atomic E-state index is 13.8. The minimum absolute atomic E-state index is 0.0479. The summed E-state index contributed by atoms with van der Waals surface area (Å²) in [5.41, 5.74) is 1.86. The van der Waals surface area contributed by atoms with E-state index in [4.69, 9.17) is 11.6 Å². The van der Waals surface area contributed by atoms with E-state index in [2.05, 4.69) is 5.32 Å². The van der Waals surface area contributed by atoms with Crippen LogP contribution in [0.25, 0.3) is 0 Å². The van der Waals surface area contributed by atoms with Gasteiger partial charge in [0.1, 0.15) is 12.6 Å². The number of hydrogen-bond donors (Lipinski definition) is 1. The Morgan fingerprint density at radius 2 is 1.65 bits per heavy atom. The highest BCUT2D eigenvalue weighted by Crippen LogP contribution is 2.26. The first-order valence-corrected chi connectivity index (χ1v) is 13.9. The molecule has 0 aromatic heterocycles. The minimum atomic E-state index is -4.08. The third-order valence-electron chi connectivity index (χ3n) is 5.91. The summed E-state index contributed by atoms with van der Waals surface area (Å²) < 4.78 is 28.5. The fraction of sp³-hybridized carbons (Fsp3) is 0.286. The van der Waals surface area contributed by atoms with E-state index in [0.29, 0.717) is 22.8 Å². The van der Waals surface area contributed by atoms with Crippen molar-refractivity contribution in [3.63, 3.8) is 0 Å². The molecule has 0 fully saturated rings. The van der Waals surface area contributed by atoms with Crippen LogP contribution in [-0.2, 0) is 26.2 Å². The molecule has 1 unspecified atom stereocenters. The van der Waals surface area contributed by atoms with Crippen LogP contribution in [0.3, 0.4) is 0 Å². The van der Waals surface area contributed by atoms with Gasteiger partial charge in [0.25, 0.3) is 10.0 Å². The number of nitrogens with zero attached hydrogens (tertiary/aromatic N) is 2. The van der Waals surface area contributed by atoms with Crippen molar-refractivity contribution in [2.24, 2.45) is 0 Å². The van der Waals surface area contributed by atoms with Crippen LogP contribution in [0.5, 0.6) is 0 Å². The van der Waals surface area contributed by atoms with Crippen molar-refractivity contribution < 1.29 is 18.0 Å². The molecule has 0 bridgehead atoms. The van der Waals surface area contributed by atoms with Crippen molar-refractivity contribution in [2.45, 2.75) is 44.7 Å². The molecular formula is C28H32ClN3O4S. The lowest BCUT2D eigenvalue weighted by Crippen LogP contribution is -2.51. The number of halogens is 1. The van der Waals surface area contributed by atoms with Crippen molar-refractivity contribution in [2.75, 3.05) is 17.4 Å². The Balaban J connectivity index is 2.02. The molecule has 3 aromatic rings. The Labute approximate surface area is 224 Å². The van der Waals surface area contributed by atoms with E-state index < -0.39 is 28.5 Å². The first kappa shape index (κ1) is 28.2. The third-order valence-corrected chi connectivity index (χ3v) is 8.07. The highest BCUT2D eigenvalue weighted by atomic mass is 35.5. The molecular weight excluding hydrogens is 510 g/mol. The smallest absolute Gasteiger partial charge is 0.264 e. The molecule has 37 heavy (non-hydrogen) atoms. The number of hydrogen-bond acceptors (Lipinski definition) is 4. The van der Waals surface area contributed by atoms with Crippen LogP contribution in [0.4, 0.5) is 5.69 Å². The van der Waals surface area contributed by atoms with Crippen LogP contribution in [0.1, 0.15) is 31.4 Å². The van der Waals surface area contributed by atoms with Gasteiger partial charge in [-0.3, -0.25) is 13.9 Å². The molecule has 3 rings (SSSR count). The third kappa shape index (κ3) is 7.11. The van der Waals surface area contributed by atoms with Crippen molar-refractivity contribution in [3.8, 4) is 0 Å². The number of sulfonamides is 1. The largest absolute Gasteiger partial charge is 0.354 e. The molecule has 1 atom stereocenters. The van der Waals surface area contributed by atoms with Crippen LogP contribution in [-0.4, -0.2) is 44.3 Å². The Morgan fingerprint density at radius 3 is 2.30 bits per heavy atom. The fourth-order valence-corrected chi connectivity index (χ4v) is 5.44. The zero-order valence-corrected chi connectivity index (χ0v) is 22.8. The Morgan fingerprint density at radius 1 is 0.973 bits per heavy atom. The second kappa shape index (κ2) is 12.7. The Bertz CT molecular complexity index is 1330. The molecule has 0 spiro atoms. The quantitative estimate of drug-likeness (QED) is 0.378. The van der Waals surface area contributed by atoms with Crippen LogP contribution < -0.4 is 9.62 Å². The maximum Gasteiger partial charge on any atom is 0.264 e. The summed E-state index contributed by atoms with van der Waals surface area (Å²) in [7, 11) is -4.08. The normalized spacial score (nSPS) is 12.0. The number of amides is 2. The van der Waals surface area contributed by atoms with E-state index in [1.807, 2.05) is 19.9 Å². The molecule has 1 N–H and O–H groups in total. The van der Waals surface area contributed by atoms with Gasteiger partial charge in [-0.1, -0.05) is 67.1 Å². The van der Waals surface area contributed by atoms with Gasteiger partial charge in [0.2, 0.25) is 11.8 Å². The van der Waals surface area contributed by atoms with Crippen LogP contribution >= 0.6 is 11.6 Å². The lowest BCUT2D eigenvalue weighted by atomic mass is 10.1. The first-order chi connectivity index (χ1) is 17.6. The lowest BCUT2D eigenvalue weighted by Gasteiger charge is -2.32. The summed E-state index contributed by atoms with van der Waals surface area (Å²) >= 11 is 6.37. The summed E-state index contributed by atoms with van der Waals surface area (Å²) in [5, 5.41) is 3.27. The monoisotopic (exact) mass is 541 g/mol. The number of nitrogens with one attached hydrogen (secondary N) is 1. The minimum Gasteiger partial charge on any atom is -0.354 e. The van der Waals surface area contributed by atoms with Gasteiger partial charge in [0.05, 0.1) is 10.6 Å². The number of benzene rings is 3. The number of aryl methyl sites for hydroxylation is 1. The van der Waals surface area contributed by atoms with E-state index in [-0.39, 0.29) is 17.3 Å². The second-order valence-electron chi connectivity index (χ2n) is 8.74. The van der Waals surface area contributed by atoms with Crippen molar-refractivity contribution in [3.05, 3.63) is 95.0 Å². The zero-order chi connectivity index (χ0) is 27.0. The second-order valence-corrected chi connectivity index (χ2v) is 11.0. The van der Waals surface area contributed by atoms with E-state index in [1.165, 1.54) is 17.0 Å².